The Morgan fingerprint density at radius 2 is 2.17 bits per heavy atom. The van der Waals surface area contributed by atoms with Crippen LogP contribution in [0.4, 0.5) is 0 Å². The fourth-order valence-corrected chi connectivity index (χ4v) is 3.52. The standard InChI is InChI=1S/C16H11N3O3S2/c1-9(14-18-19-15(22-14)12-3-2-6-23-12)21-16(20)10-4-5-11-13(7-10)24-8-17-11/h2-9H,1H3/t9-/m1/s1. The number of fused-ring (bicyclic) bond motifs is 1. The van der Waals surface area contributed by atoms with Crippen LogP contribution < -0.4 is 0 Å². The van der Waals surface area contributed by atoms with Gasteiger partial charge in [0.15, 0.2) is 6.10 Å². The van der Waals surface area contributed by atoms with E-state index in [0.717, 1.165) is 15.1 Å². The Labute approximate surface area is 144 Å². The van der Waals surface area contributed by atoms with Crippen molar-refractivity contribution in [2.75, 3.05) is 0 Å². The molecule has 0 aliphatic rings. The Balaban J connectivity index is 1.50. The van der Waals surface area contributed by atoms with Gasteiger partial charge in [-0.2, -0.15) is 0 Å². The zero-order chi connectivity index (χ0) is 16.5. The van der Waals surface area contributed by atoms with Crippen molar-refractivity contribution in [1.82, 2.24) is 15.2 Å². The van der Waals surface area contributed by atoms with E-state index in [0.29, 0.717) is 11.5 Å². The molecule has 0 spiro atoms. The first-order chi connectivity index (χ1) is 11.7. The minimum atomic E-state index is -0.629. The molecule has 4 aromatic rings. The van der Waals surface area contributed by atoms with Crippen molar-refractivity contribution in [3.05, 3.63) is 52.7 Å². The molecule has 8 heteroatoms. The molecule has 1 aromatic carbocycles. The summed E-state index contributed by atoms with van der Waals surface area (Å²) in [6.45, 7) is 1.70. The monoisotopic (exact) mass is 357 g/mol. The highest BCUT2D eigenvalue weighted by molar-refractivity contribution is 7.16. The number of carbonyl (C=O) groups excluding carboxylic acids is 1. The molecule has 120 valence electrons. The number of ether oxygens (including phenoxy) is 1. The number of rotatable bonds is 4. The Bertz CT molecular complexity index is 991. The van der Waals surface area contributed by atoms with Crippen LogP contribution >= 0.6 is 22.7 Å². The van der Waals surface area contributed by atoms with Crippen LogP contribution in [-0.4, -0.2) is 21.2 Å². The molecule has 0 N–H and O–H groups in total. The number of carbonyl (C=O) groups is 1. The zero-order valence-corrected chi connectivity index (χ0v) is 14.1. The van der Waals surface area contributed by atoms with E-state index < -0.39 is 12.1 Å². The van der Waals surface area contributed by atoms with E-state index in [2.05, 4.69) is 15.2 Å². The number of hydrogen-bond donors (Lipinski definition) is 0. The van der Waals surface area contributed by atoms with Crippen molar-refractivity contribution in [2.24, 2.45) is 0 Å². The van der Waals surface area contributed by atoms with Crippen LogP contribution in [0, 0.1) is 0 Å². The van der Waals surface area contributed by atoms with Gasteiger partial charge in [-0.15, -0.1) is 32.9 Å². The highest BCUT2D eigenvalue weighted by atomic mass is 32.1. The Morgan fingerprint density at radius 3 is 3.00 bits per heavy atom. The molecule has 0 aliphatic heterocycles. The second-order valence-corrected chi connectivity index (χ2v) is 6.84. The number of benzene rings is 1. The maximum Gasteiger partial charge on any atom is 0.338 e. The summed E-state index contributed by atoms with van der Waals surface area (Å²) in [5.74, 6) is 0.258. The minimum Gasteiger partial charge on any atom is -0.449 e. The minimum absolute atomic E-state index is 0.269. The molecule has 0 saturated heterocycles. The number of thiazole rings is 1. The van der Waals surface area contributed by atoms with Gasteiger partial charge in [0.05, 0.1) is 26.2 Å². The fraction of sp³-hybridized carbons (Fsp3) is 0.125. The number of nitrogens with zero attached hydrogens (tertiary/aromatic N) is 3. The van der Waals surface area contributed by atoms with E-state index in [4.69, 9.17) is 9.15 Å². The quantitative estimate of drug-likeness (QED) is 0.506. The smallest absolute Gasteiger partial charge is 0.338 e. The number of hydrogen-bond acceptors (Lipinski definition) is 8. The highest BCUT2D eigenvalue weighted by Crippen LogP contribution is 2.26. The van der Waals surface area contributed by atoms with Gasteiger partial charge in [-0.25, -0.2) is 9.78 Å². The third-order valence-electron chi connectivity index (χ3n) is 3.37. The summed E-state index contributed by atoms with van der Waals surface area (Å²) >= 11 is 2.98. The molecule has 6 nitrogen and oxygen atoms in total. The predicted molar refractivity (Wildman–Crippen MR) is 91.1 cm³/mol. The van der Waals surface area contributed by atoms with Crippen molar-refractivity contribution in [3.8, 4) is 10.8 Å². The van der Waals surface area contributed by atoms with Gasteiger partial charge in [0, 0.05) is 0 Å². The van der Waals surface area contributed by atoms with E-state index in [9.17, 15) is 4.79 Å². The van der Waals surface area contributed by atoms with Crippen molar-refractivity contribution < 1.29 is 13.9 Å². The van der Waals surface area contributed by atoms with E-state index in [1.54, 1.807) is 30.6 Å². The van der Waals surface area contributed by atoms with E-state index in [1.807, 2.05) is 17.5 Å². The second-order valence-electron chi connectivity index (χ2n) is 5.01. The maximum absolute atomic E-state index is 12.3. The molecule has 0 radical (unpaired) electrons. The molecule has 0 aliphatic carbocycles. The van der Waals surface area contributed by atoms with Gasteiger partial charge in [-0.05, 0) is 36.6 Å². The summed E-state index contributed by atoms with van der Waals surface area (Å²) in [7, 11) is 0. The Hall–Kier alpha value is -2.58. The Morgan fingerprint density at radius 1 is 1.25 bits per heavy atom. The molecular weight excluding hydrogens is 346 g/mol. The van der Waals surface area contributed by atoms with Crippen LogP contribution in [0.2, 0.25) is 0 Å². The van der Waals surface area contributed by atoms with Gasteiger partial charge in [0.25, 0.3) is 11.8 Å². The SMILES string of the molecule is C[C@@H](OC(=O)c1ccc2ncsc2c1)c1nnc(-c2cccs2)o1. The summed E-state index contributed by atoms with van der Waals surface area (Å²) in [5, 5.41) is 9.88. The molecule has 4 rings (SSSR count). The summed E-state index contributed by atoms with van der Waals surface area (Å²) < 4.78 is 12.0. The van der Waals surface area contributed by atoms with Gasteiger partial charge in [-0.1, -0.05) is 6.07 Å². The second kappa shape index (κ2) is 6.14. The van der Waals surface area contributed by atoms with E-state index in [-0.39, 0.29) is 5.89 Å². The lowest BCUT2D eigenvalue weighted by Crippen LogP contribution is -2.09. The van der Waals surface area contributed by atoms with Gasteiger partial charge >= 0.3 is 5.97 Å². The van der Waals surface area contributed by atoms with Gasteiger partial charge in [0.1, 0.15) is 0 Å². The van der Waals surface area contributed by atoms with Gasteiger partial charge in [-0.3, -0.25) is 0 Å². The lowest BCUT2D eigenvalue weighted by Gasteiger charge is -2.09. The highest BCUT2D eigenvalue weighted by Gasteiger charge is 2.20. The van der Waals surface area contributed by atoms with Crippen molar-refractivity contribution >= 4 is 38.9 Å². The largest absolute Gasteiger partial charge is 0.449 e. The van der Waals surface area contributed by atoms with Crippen LogP contribution in [0.15, 0.2) is 45.6 Å². The van der Waals surface area contributed by atoms with Crippen LogP contribution in [0.25, 0.3) is 21.0 Å². The third-order valence-corrected chi connectivity index (χ3v) is 5.02. The number of esters is 1. The molecule has 0 amide bonds. The van der Waals surface area contributed by atoms with Crippen LogP contribution in [0.1, 0.15) is 29.3 Å². The van der Waals surface area contributed by atoms with Crippen molar-refractivity contribution in [3.63, 3.8) is 0 Å². The molecule has 3 aromatic heterocycles. The molecule has 1 atom stereocenters. The topological polar surface area (TPSA) is 78.1 Å². The molecule has 24 heavy (non-hydrogen) atoms. The average Bonchev–Trinajstić information content (AvgIpc) is 3.32. The van der Waals surface area contributed by atoms with Crippen LogP contribution in [0.5, 0.6) is 0 Å². The van der Waals surface area contributed by atoms with E-state index in [1.165, 1.54) is 22.7 Å². The first-order valence-corrected chi connectivity index (χ1v) is 8.88. The summed E-state index contributed by atoms with van der Waals surface area (Å²) in [5.41, 5.74) is 3.08. The molecule has 3 heterocycles. The summed E-state index contributed by atoms with van der Waals surface area (Å²) in [6.07, 6.45) is -0.629. The molecular formula is C16H11N3O3S2. The number of thiophene rings is 1. The average molecular weight is 357 g/mol. The lowest BCUT2D eigenvalue weighted by atomic mass is 10.2. The summed E-state index contributed by atoms with van der Waals surface area (Å²) in [6, 6.07) is 9.06. The van der Waals surface area contributed by atoms with E-state index >= 15 is 0 Å². The first-order valence-electron chi connectivity index (χ1n) is 7.12. The van der Waals surface area contributed by atoms with Crippen molar-refractivity contribution in [1.29, 1.82) is 0 Å². The van der Waals surface area contributed by atoms with Gasteiger partial charge in [0.2, 0.25) is 0 Å². The molecule has 0 fully saturated rings. The fourth-order valence-electron chi connectivity index (χ4n) is 2.16. The number of aromatic nitrogens is 3. The third kappa shape index (κ3) is 2.81. The van der Waals surface area contributed by atoms with Gasteiger partial charge < -0.3 is 9.15 Å². The summed E-state index contributed by atoms with van der Waals surface area (Å²) in [4.78, 5) is 17.4. The maximum atomic E-state index is 12.3. The van der Waals surface area contributed by atoms with Crippen molar-refractivity contribution in [2.45, 2.75) is 13.0 Å². The molecule has 0 unspecified atom stereocenters. The van der Waals surface area contributed by atoms with Crippen LogP contribution in [0.3, 0.4) is 0 Å². The normalized spacial score (nSPS) is 12.4. The van der Waals surface area contributed by atoms with Crippen LogP contribution in [-0.2, 0) is 4.74 Å². The predicted octanol–water partition coefficient (Wildman–Crippen LogP) is 4.33. The zero-order valence-electron chi connectivity index (χ0n) is 12.5. The molecule has 0 saturated carbocycles. The first kappa shape index (κ1) is 15.0. The molecule has 0 bridgehead atoms. The lowest BCUT2D eigenvalue weighted by molar-refractivity contribution is 0.0280. The Kier molecular flexibility index (Phi) is 3.83.